The van der Waals surface area contributed by atoms with Gasteiger partial charge in [-0.1, -0.05) is 25.2 Å². The molecule has 9 nitrogen and oxygen atoms in total. The molecular formula is C20H29N5O4S2. The number of hydrogen-bond acceptors (Lipinski definition) is 8. The van der Waals surface area contributed by atoms with Crippen LogP contribution in [0.1, 0.15) is 48.0 Å². The summed E-state index contributed by atoms with van der Waals surface area (Å²) in [7, 11) is -0.755. The predicted octanol–water partition coefficient (Wildman–Crippen LogP) is 2.78. The second-order valence-electron chi connectivity index (χ2n) is 7.48. The first-order valence-corrected chi connectivity index (χ1v) is 12.6. The summed E-state index contributed by atoms with van der Waals surface area (Å²) in [6, 6.07) is 4.65. The Balaban J connectivity index is 1.95. The normalized spacial score (nSPS) is 15.0. The Morgan fingerprint density at radius 3 is 2.52 bits per heavy atom. The zero-order chi connectivity index (χ0) is 22.6. The number of nitrogens with one attached hydrogen (secondary N) is 1. The number of aromatic nitrogens is 2. The Bertz CT molecular complexity index is 1010. The molecule has 0 spiro atoms. The van der Waals surface area contributed by atoms with Crippen molar-refractivity contribution in [2.75, 3.05) is 50.6 Å². The van der Waals surface area contributed by atoms with Crippen molar-refractivity contribution in [3.63, 3.8) is 0 Å². The SMILES string of the molecule is CCC(CC)c1nnc(NC(=O)c2cc(S(=O)(=O)N(C)C)ccc2N2CCOCC2)s1. The van der Waals surface area contributed by atoms with Crippen LogP contribution in [0.15, 0.2) is 23.1 Å². The van der Waals surface area contributed by atoms with Crippen LogP contribution < -0.4 is 10.2 Å². The van der Waals surface area contributed by atoms with E-state index in [1.54, 1.807) is 6.07 Å². The predicted molar refractivity (Wildman–Crippen MR) is 122 cm³/mol. The summed E-state index contributed by atoms with van der Waals surface area (Å²) >= 11 is 1.35. The van der Waals surface area contributed by atoms with E-state index in [1.807, 2.05) is 4.90 Å². The molecule has 3 rings (SSSR count). The number of rotatable bonds is 8. The summed E-state index contributed by atoms with van der Waals surface area (Å²) in [5, 5.41) is 12.4. The molecule has 1 aromatic carbocycles. The molecule has 0 saturated carbocycles. The summed E-state index contributed by atoms with van der Waals surface area (Å²) in [5.41, 5.74) is 0.951. The Morgan fingerprint density at radius 1 is 1.23 bits per heavy atom. The zero-order valence-corrected chi connectivity index (χ0v) is 19.9. The minimum atomic E-state index is -3.68. The summed E-state index contributed by atoms with van der Waals surface area (Å²) in [6.45, 7) is 6.54. The molecule has 0 unspecified atom stereocenters. The van der Waals surface area contributed by atoms with Gasteiger partial charge in [0.15, 0.2) is 0 Å². The molecule has 170 valence electrons. The van der Waals surface area contributed by atoms with Crippen molar-refractivity contribution in [3.8, 4) is 0 Å². The second-order valence-corrected chi connectivity index (χ2v) is 10.6. The van der Waals surface area contributed by atoms with Crippen molar-refractivity contribution in [2.45, 2.75) is 37.5 Å². The van der Waals surface area contributed by atoms with Gasteiger partial charge in [0.2, 0.25) is 15.2 Å². The number of anilines is 2. The number of morpholine rings is 1. The average Bonchev–Trinajstić information content (AvgIpc) is 3.22. The van der Waals surface area contributed by atoms with Crippen LogP contribution in [0.2, 0.25) is 0 Å². The van der Waals surface area contributed by atoms with Crippen molar-refractivity contribution >= 4 is 38.1 Å². The average molecular weight is 468 g/mol. The summed E-state index contributed by atoms with van der Waals surface area (Å²) < 4.78 is 31.8. The molecular weight excluding hydrogens is 438 g/mol. The van der Waals surface area contributed by atoms with Crippen molar-refractivity contribution in [3.05, 3.63) is 28.8 Å². The highest BCUT2D eigenvalue weighted by molar-refractivity contribution is 7.89. The van der Waals surface area contributed by atoms with E-state index in [2.05, 4.69) is 29.4 Å². The number of amides is 1. The maximum Gasteiger partial charge on any atom is 0.259 e. The number of ether oxygens (including phenoxy) is 1. The fraction of sp³-hybridized carbons (Fsp3) is 0.550. The van der Waals surface area contributed by atoms with Gasteiger partial charge in [-0.2, -0.15) is 0 Å². The van der Waals surface area contributed by atoms with E-state index < -0.39 is 15.9 Å². The number of carbonyl (C=O) groups is 1. The van der Waals surface area contributed by atoms with Crippen LogP contribution in [0, 0.1) is 0 Å². The van der Waals surface area contributed by atoms with Gasteiger partial charge in [-0.15, -0.1) is 10.2 Å². The van der Waals surface area contributed by atoms with E-state index >= 15 is 0 Å². The number of benzene rings is 1. The van der Waals surface area contributed by atoms with Gasteiger partial charge in [-0.3, -0.25) is 10.1 Å². The lowest BCUT2D eigenvalue weighted by atomic mass is 10.1. The minimum Gasteiger partial charge on any atom is -0.378 e. The van der Waals surface area contributed by atoms with Crippen molar-refractivity contribution in [2.24, 2.45) is 0 Å². The number of carbonyl (C=O) groups excluding carboxylic acids is 1. The molecule has 1 N–H and O–H groups in total. The molecule has 1 aliphatic rings. The van der Waals surface area contributed by atoms with Crippen LogP contribution in [0.3, 0.4) is 0 Å². The molecule has 1 saturated heterocycles. The van der Waals surface area contributed by atoms with Gasteiger partial charge in [0.05, 0.1) is 23.7 Å². The van der Waals surface area contributed by atoms with Gasteiger partial charge >= 0.3 is 0 Å². The van der Waals surface area contributed by atoms with Gasteiger partial charge in [0.1, 0.15) is 5.01 Å². The lowest BCUT2D eigenvalue weighted by molar-refractivity contribution is 0.102. The van der Waals surface area contributed by atoms with E-state index in [1.165, 1.54) is 37.6 Å². The van der Waals surface area contributed by atoms with Gasteiger partial charge in [-0.25, -0.2) is 12.7 Å². The number of sulfonamides is 1. The van der Waals surface area contributed by atoms with Crippen LogP contribution >= 0.6 is 11.3 Å². The highest BCUT2D eigenvalue weighted by Gasteiger charge is 2.25. The van der Waals surface area contributed by atoms with E-state index in [9.17, 15) is 13.2 Å². The van der Waals surface area contributed by atoms with Crippen LogP contribution in [0.25, 0.3) is 0 Å². The molecule has 1 amide bonds. The topological polar surface area (TPSA) is 105 Å². The lowest BCUT2D eigenvalue weighted by Crippen LogP contribution is -2.37. The van der Waals surface area contributed by atoms with E-state index in [4.69, 9.17) is 4.74 Å². The molecule has 1 fully saturated rings. The standard InChI is InChI=1S/C20H29N5O4S2/c1-5-14(6-2)19-22-23-20(30-19)21-18(26)16-13-15(31(27,28)24(3)4)7-8-17(16)25-9-11-29-12-10-25/h7-8,13-14H,5-6,9-12H2,1-4H3,(H,21,23,26). The van der Waals surface area contributed by atoms with Crippen molar-refractivity contribution < 1.29 is 17.9 Å². The Labute approximate surface area is 187 Å². The van der Waals surface area contributed by atoms with E-state index in [0.29, 0.717) is 43.0 Å². The minimum absolute atomic E-state index is 0.0645. The van der Waals surface area contributed by atoms with E-state index in [-0.39, 0.29) is 10.5 Å². The monoisotopic (exact) mass is 467 g/mol. The molecule has 0 aliphatic carbocycles. The van der Waals surface area contributed by atoms with Crippen molar-refractivity contribution in [1.29, 1.82) is 0 Å². The third-order valence-electron chi connectivity index (χ3n) is 5.34. The largest absolute Gasteiger partial charge is 0.378 e. The number of hydrogen-bond donors (Lipinski definition) is 1. The zero-order valence-electron chi connectivity index (χ0n) is 18.3. The van der Waals surface area contributed by atoms with Crippen LogP contribution in [0.5, 0.6) is 0 Å². The second kappa shape index (κ2) is 10.0. The first kappa shape index (κ1) is 23.6. The van der Waals surface area contributed by atoms with Gasteiger partial charge < -0.3 is 9.64 Å². The third-order valence-corrected chi connectivity index (χ3v) is 8.15. The molecule has 2 heterocycles. The fourth-order valence-electron chi connectivity index (χ4n) is 3.40. The van der Waals surface area contributed by atoms with Gasteiger partial charge in [-0.05, 0) is 31.0 Å². The Kier molecular flexibility index (Phi) is 7.63. The number of nitrogens with zero attached hydrogens (tertiary/aromatic N) is 4. The smallest absolute Gasteiger partial charge is 0.259 e. The Morgan fingerprint density at radius 2 is 1.90 bits per heavy atom. The van der Waals surface area contributed by atoms with E-state index in [0.717, 1.165) is 22.2 Å². The highest BCUT2D eigenvalue weighted by Crippen LogP contribution is 2.30. The van der Waals surface area contributed by atoms with Gasteiger partial charge in [0.25, 0.3) is 5.91 Å². The molecule has 0 radical (unpaired) electrons. The third kappa shape index (κ3) is 5.22. The fourth-order valence-corrected chi connectivity index (χ4v) is 5.33. The molecule has 1 aliphatic heterocycles. The molecule has 2 aromatic rings. The molecule has 0 bridgehead atoms. The summed E-state index contributed by atoms with van der Waals surface area (Å²) in [6.07, 6.45) is 1.90. The molecule has 1 aromatic heterocycles. The van der Waals surface area contributed by atoms with Crippen LogP contribution in [-0.4, -0.2) is 69.2 Å². The quantitative estimate of drug-likeness (QED) is 0.636. The van der Waals surface area contributed by atoms with Gasteiger partial charge in [0, 0.05) is 38.8 Å². The first-order chi connectivity index (χ1) is 14.8. The maximum absolute atomic E-state index is 13.2. The summed E-state index contributed by atoms with van der Waals surface area (Å²) in [5.74, 6) is -0.106. The first-order valence-electron chi connectivity index (χ1n) is 10.3. The molecule has 31 heavy (non-hydrogen) atoms. The highest BCUT2D eigenvalue weighted by atomic mass is 32.2. The maximum atomic E-state index is 13.2. The van der Waals surface area contributed by atoms with Crippen LogP contribution in [0.4, 0.5) is 10.8 Å². The molecule has 0 atom stereocenters. The lowest BCUT2D eigenvalue weighted by Gasteiger charge is -2.30. The Hall–Kier alpha value is -2.08. The molecule has 11 heteroatoms. The summed E-state index contributed by atoms with van der Waals surface area (Å²) in [4.78, 5) is 15.3. The van der Waals surface area contributed by atoms with Crippen molar-refractivity contribution in [1.82, 2.24) is 14.5 Å². The van der Waals surface area contributed by atoms with Crippen LogP contribution in [-0.2, 0) is 14.8 Å².